The Balaban J connectivity index is 1.59. The molecule has 0 radical (unpaired) electrons. The summed E-state index contributed by atoms with van der Waals surface area (Å²) in [6.45, 7) is -0.285. The van der Waals surface area contributed by atoms with Gasteiger partial charge in [-0.25, -0.2) is 0 Å². The van der Waals surface area contributed by atoms with Crippen LogP contribution in [0.25, 0.3) is 6.08 Å². The van der Waals surface area contributed by atoms with E-state index in [2.05, 4.69) is 26.8 Å². The summed E-state index contributed by atoms with van der Waals surface area (Å²) < 4.78 is 0.893. The maximum absolute atomic E-state index is 12.5. The van der Waals surface area contributed by atoms with Crippen molar-refractivity contribution in [1.29, 1.82) is 0 Å². The van der Waals surface area contributed by atoms with Crippen LogP contribution in [0.4, 0.5) is 0 Å². The normalized spacial score (nSPS) is 15.0. The Hall–Kier alpha value is -2.49. The summed E-state index contributed by atoms with van der Waals surface area (Å²) in [5.41, 5.74) is 5.87. The molecular weight excluding hydrogens is 462 g/mol. The van der Waals surface area contributed by atoms with Gasteiger partial charge in [0.2, 0.25) is 0 Å². The van der Waals surface area contributed by atoms with Crippen LogP contribution in [0.5, 0.6) is 0 Å². The Morgan fingerprint density at radius 3 is 2.46 bits per heavy atom. The minimum absolute atomic E-state index is 0.285. The van der Waals surface area contributed by atoms with Crippen LogP contribution in [0.15, 0.2) is 64.0 Å². The van der Waals surface area contributed by atoms with E-state index < -0.39 is 11.8 Å². The van der Waals surface area contributed by atoms with E-state index in [1.54, 1.807) is 30.3 Å². The zero-order chi connectivity index (χ0) is 20.1. The van der Waals surface area contributed by atoms with E-state index in [0.29, 0.717) is 19.3 Å². The number of hydrogen-bond donors (Lipinski definition) is 2. The summed E-state index contributed by atoms with van der Waals surface area (Å²) in [7, 11) is 0. The Morgan fingerprint density at radius 2 is 1.75 bits per heavy atom. The number of amides is 3. The van der Waals surface area contributed by atoms with E-state index >= 15 is 0 Å². The second-order valence-electron chi connectivity index (χ2n) is 5.66. The van der Waals surface area contributed by atoms with Crippen molar-refractivity contribution in [1.82, 2.24) is 15.8 Å². The first-order valence-electron chi connectivity index (χ1n) is 8.10. The lowest BCUT2D eigenvalue weighted by Gasteiger charge is -2.14. The summed E-state index contributed by atoms with van der Waals surface area (Å²) in [6, 6.07) is 16.2. The average Bonchev–Trinajstić information content (AvgIpc) is 2.94. The van der Waals surface area contributed by atoms with Gasteiger partial charge in [-0.15, -0.1) is 0 Å². The molecule has 2 aromatic rings. The van der Waals surface area contributed by atoms with E-state index in [1.165, 1.54) is 4.90 Å². The number of hydrogen-bond acceptors (Lipinski definition) is 5. The molecule has 6 nitrogen and oxygen atoms in total. The van der Waals surface area contributed by atoms with Crippen molar-refractivity contribution in [3.8, 4) is 0 Å². The van der Waals surface area contributed by atoms with Gasteiger partial charge < -0.3 is 0 Å². The molecule has 1 fully saturated rings. The van der Waals surface area contributed by atoms with Crippen LogP contribution in [0.3, 0.4) is 0 Å². The smallest absolute Gasteiger partial charge is 0.270 e. The lowest BCUT2D eigenvalue weighted by molar-refractivity contribution is -0.129. The molecule has 28 heavy (non-hydrogen) atoms. The predicted octanol–water partition coefficient (Wildman–Crippen LogP) is 3.11. The monoisotopic (exact) mass is 475 g/mol. The first kappa shape index (κ1) is 20.2. The highest BCUT2D eigenvalue weighted by Gasteiger charge is 2.33. The first-order chi connectivity index (χ1) is 13.5. The second kappa shape index (κ2) is 9.13. The van der Waals surface area contributed by atoms with Gasteiger partial charge in [0.05, 0.1) is 10.5 Å². The third-order valence-electron chi connectivity index (χ3n) is 3.71. The predicted molar refractivity (Wildman–Crippen MR) is 116 cm³/mol. The number of carbonyl (C=O) groups is 3. The van der Waals surface area contributed by atoms with E-state index in [-0.39, 0.29) is 12.5 Å². The van der Waals surface area contributed by atoms with Gasteiger partial charge in [0.15, 0.2) is 0 Å². The van der Waals surface area contributed by atoms with Crippen LogP contribution in [-0.4, -0.2) is 33.5 Å². The maximum Gasteiger partial charge on any atom is 0.270 e. The maximum atomic E-state index is 12.5. The van der Waals surface area contributed by atoms with Crippen LogP contribution in [0.1, 0.15) is 15.9 Å². The molecule has 0 saturated carbocycles. The van der Waals surface area contributed by atoms with Crippen molar-refractivity contribution >= 4 is 68.0 Å². The molecule has 9 heteroatoms. The summed E-state index contributed by atoms with van der Waals surface area (Å²) in [5.74, 6) is -1.38. The Bertz CT molecular complexity index is 979. The highest BCUT2D eigenvalue weighted by Crippen LogP contribution is 2.32. The molecule has 142 valence electrons. The minimum Gasteiger partial charge on any atom is -0.283 e. The van der Waals surface area contributed by atoms with Crippen molar-refractivity contribution < 1.29 is 14.4 Å². The molecule has 1 heterocycles. The summed E-state index contributed by atoms with van der Waals surface area (Å²) in [5, 5.41) is 0. The number of halogens is 1. The molecule has 2 N–H and O–H groups in total. The molecule has 0 spiro atoms. The third kappa shape index (κ3) is 4.86. The van der Waals surface area contributed by atoms with Crippen LogP contribution in [-0.2, 0) is 9.59 Å². The molecule has 1 aliphatic heterocycles. The van der Waals surface area contributed by atoms with E-state index in [9.17, 15) is 14.4 Å². The fourth-order valence-corrected chi connectivity index (χ4v) is 4.08. The summed E-state index contributed by atoms with van der Waals surface area (Å²) in [4.78, 5) is 38.5. The molecule has 3 rings (SSSR count). The van der Waals surface area contributed by atoms with Gasteiger partial charge in [-0.3, -0.25) is 30.1 Å². The van der Waals surface area contributed by atoms with Gasteiger partial charge in [0, 0.05) is 4.47 Å². The minimum atomic E-state index is -0.558. The van der Waals surface area contributed by atoms with Crippen LogP contribution < -0.4 is 10.9 Å². The summed E-state index contributed by atoms with van der Waals surface area (Å²) >= 11 is 9.62. The lowest BCUT2D eigenvalue weighted by Crippen LogP contribution is -2.47. The molecule has 0 aromatic heterocycles. The van der Waals surface area contributed by atoms with Gasteiger partial charge in [-0.2, -0.15) is 0 Å². The molecule has 0 unspecified atom stereocenters. The number of thiocarbonyl (C=S) groups is 1. The first-order valence-corrected chi connectivity index (χ1v) is 10.1. The zero-order valence-electron chi connectivity index (χ0n) is 14.3. The van der Waals surface area contributed by atoms with Gasteiger partial charge >= 0.3 is 0 Å². The van der Waals surface area contributed by atoms with Crippen LogP contribution in [0, 0.1) is 0 Å². The molecular formula is C19H14BrN3O3S2. The van der Waals surface area contributed by atoms with Gasteiger partial charge in [0.25, 0.3) is 17.7 Å². The zero-order valence-corrected chi connectivity index (χ0v) is 17.6. The third-order valence-corrected chi connectivity index (χ3v) is 5.78. The van der Waals surface area contributed by atoms with Crippen molar-refractivity contribution in [2.45, 2.75) is 0 Å². The molecule has 3 amide bonds. The number of thioether (sulfide) groups is 1. The number of nitrogens with one attached hydrogen (secondary N) is 2. The molecule has 0 bridgehead atoms. The van der Waals surface area contributed by atoms with Crippen molar-refractivity contribution in [3.05, 3.63) is 75.1 Å². The topological polar surface area (TPSA) is 78.5 Å². The van der Waals surface area contributed by atoms with E-state index in [0.717, 1.165) is 17.3 Å². The highest BCUT2D eigenvalue weighted by atomic mass is 79.9. The quantitative estimate of drug-likeness (QED) is 0.403. The van der Waals surface area contributed by atoms with Crippen molar-refractivity contribution in [2.24, 2.45) is 0 Å². The SMILES string of the molecule is O=C(CN1C(=O)/C(=C\c2ccccc2)SC1=S)NNC(=O)c1ccccc1Br. The molecule has 0 aliphatic carbocycles. The number of carbonyl (C=O) groups excluding carboxylic acids is 3. The van der Waals surface area contributed by atoms with Crippen molar-refractivity contribution in [2.75, 3.05) is 6.54 Å². The van der Waals surface area contributed by atoms with Gasteiger partial charge in [0.1, 0.15) is 10.9 Å². The number of benzene rings is 2. The van der Waals surface area contributed by atoms with E-state index in [1.807, 2.05) is 30.3 Å². The number of hydrazine groups is 1. The molecule has 1 aliphatic rings. The Labute approximate surface area is 179 Å². The standard InChI is InChI=1S/C19H14BrN3O3S2/c20-14-9-5-4-8-13(14)17(25)22-21-16(24)11-23-18(26)15(28-19(23)27)10-12-6-2-1-3-7-12/h1-10H,11H2,(H,21,24)(H,22,25)/b15-10+. The van der Waals surface area contributed by atoms with Crippen LogP contribution >= 0.6 is 39.9 Å². The Kier molecular flexibility index (Phi) is 6.61. The second-order valence-corrected chi connectivity index (χ2v) is 8.19. The molecule has 2 aromatic carbocycles. The fraction of sp³-hybridized carbons (Fsp3) is 0.0526. The van der Waals surface area contributed by atoms with Gasteiger partial charge in [-0.05, 0) is 39.7 Å². The fourth-order valence-electron chi connectivity index (χ4n) is 2.36. The number of nitrogens with zero attached hydrogens (tertiary/aromatic N) is 1. The lowest BCUT2D eigenvalue weighted by atomic mass is 10.2. The van der Waals surface area contributed by atoms with Gasteiger partial charge in [-0.1, -0.05) is 66.4 Å². The molecule has 0 atom stereocenters. The molecule has 1 saturated heterocycles. The summed E-state index contributed by atoms with van der Waals surface area (Å²) in [6.07, 6.45) is 1.73. The van der Waals surface area contributed by atoms with Crippen molar-refractivity contribution in [3.63, 3.8) is 0 Å². The average molecular weight is 476 g/mol. The Morgan fingerprint density at radius 1 is 1.07 bits per heavy atom. The largest absolute Gasteiger partial charge is 0.283 e. The van der Waals surface area contributed by atoms with E-state index in [4.69, 9.17) is 12.2 Å². The van der Waals surface area contributed by atoms with Crippen LogP contribution in [0.2, 0.25) is 0 Å². The highest BCUT2D eigenvalue weighted by molar-refractivity contribution is 9.10. The number of rotatable bonds is 4.